The molecule has 20 heavy (non-hydrogen) atoms. The van der Waals surface area contributed by atoms with Gasteiger partial charge in [-0.3, -0.25) is 4.98 Å². The highest BCUT2D eigenvalue weighted by molar-refractivity contribution is 5.63. The third kappa shape index (κ3) is 4.11. The van der Waals surface area contributed by atoms with Gasteiger partial charge in [-0.1, -0.05) is 12.1 Å². The smallest absolute Gasteiger partial charge is 0.128 e. The van der Waals surface area contributed by atoms with Crippen molar-refractivity contribution >= 4 is 0 Å². The highest BCUT2D eigenvalue weighted by Crippen LogP contribution is 2.21. The fourth-order valence-corrected chi connectivity index (χ4v) is 1.95. The van der Waals surface area contributed by atoms with Gasteiger partial charge in [0.2, 0.25) is 0 Å². The second kappa shape index (κ2) is 7.12. The molecule has 2 aromatic rings. The minimum absolute atomic E-state index is 0.219. The van der Waals surface area contributed by atoms with Crippen LogP contribution in [-0.2, 0) is 6.54 Å². The number of halogens is 1. The molecule has 0 saturated carbocycles. The number of aromatic nitrogens is 1. The molecule has 0 spiro atoms. The maximum absolute atomic E-state index is 14.0. The average molecular weight is 274 g/mol. The lowest BCUT2D eigenvalue weighted by Gasteiger charge is -2.09. The van der Waals surface area contributed by atoms with Crippen molar-refractivity contribution in [1.82, 2.24) is 10.3 Å². The van der Waals surface area contributed by atoms with Gasteiger partial charge in [-0.2, -0.15) is 0 Å². The number of aliphatic hydroxyl groups excluding tert-OH is 1. The Hall–Kier alpha value is -1.78. The molecular weight excluding hydrogens is 255 g/mol. The van der Waals surface area contributed by atoms with Crippen LogP contribution in [-0.4, -0.2) is 22.7 Å². The summed E-state index contributed by atoms with van der Waals surface area (Å²) >= 11 is 0. The summed E-state index contributed by atoms with van der Waals surface area (Å²) in [6.07, 6.45) is 3.72. The van der Waals surface area contributed by atoms with Crippen LogP contribution in [0.4, 0.5) is 4.39 Å². The molecule has 1 heterocycles. The third-order valence-electron chi connectivity index (χ3n) is 3.12. The van der Waals surface area contributed by atoms with Gasteiger partial charge in [-0.05, 0) is 49.2 Å². The zero-order valence-corrected chi connectivity index (χ0v) is 11.5. The average Bonchev–Trinajstić information content (AvgIpc) is 2.45. The lowest BCUT2D eigenvalue weighted by molar-refractivity contribution is 0.183. The van der Waals surface area contributed by atoms with Crippen molar-refractivity contribution in [1.29, 1.82) is 0 Å². The summed E-state index contributed by atoms with van der Waals surface area (Å²) in [5.74, 6) is -0.219. The summed E-state index contributed by atoms with van der Waals surface area (Å²) in [5.41, 5.74) is 2.43. The molecule has 0 radical (unpaired) electrons. The predicted molar refractivity (Wildman–Crippen MR) is 77.6 cm³/mol. The maximum Gasteiger partial charge on any atom is 0.128 e. The van der Waals surface area contributed by atoms with Crippen molar-refractivity contribution < 1.29 is 9.50 Å². The first kappa shape index (κ1) is 14.6. The summed E-state index contributed by atoms with van der Waals surface area (Å²) in [5, 5.41) is 12.3. The zero-order chi connectivity index (χ0) is 14.4. The molecule has 0 fully saturated rings. The fraction of sp³-hybridized carbons (Fsp3) is 0.312. The van der Waals surface area contributed by atoms with Gasteiger partial charge >= 0.3 is 0 Å². The summed E-state index contributed by atoms with van der Waals surface area (Å²) in [7, 11) is 0. The first-order chi connectivity index (χ1) is 9.66. The Morgan fingerprint density at radius 2 is 1.95 bits per heavy atom. The molecule has 4 heteroatoms. The van der Waals surface area contributed by atoms with Gasteiger partial charge in [-0.15, -0.1) is 0 Å². The topological polar surface area (TPSA) is 45.1 Å². The van der Waals surface area contributed by atoms with E-state index >= 15 is 0 Å². The van der Waals surface area contributed by atoms with Crippen molar-refractivity contribution in [3.8, 4) is 11.1 Å². The Morgan fingerprint density at radius 3 is 2.60 bits per heavy atom. The fourth-order valence-electron chi connectivity index (χ4n) is 1.95. The quantitative estimate of drug-likeness (QED) is 0.796. The van der Waals surface area contributed by atoms with Gasteiger partial charge in [0.25, 0.3) is 0 Å². The second-order valence-corrected chi connectivity index (χ2v) is 4.86. The van der Waals surface area contributed by atoms with Gasteiger partial charge in [0.15, 0.2) is 0 Å². The number of aliphatic hydroxyl groups is 1. The minimum Gasteiger partial charge on any atom is -0.393 e. The third-order valence-corrected chi connectivity index (χ3v) is 3.12. The highest BCUT2D eigenvalue weighted by Gasteiger charge is 2.05. The van der Waals surface area contributed by atoms with Crippen LogP contribution >= 0.6 is 0 Å². The van der Waals surface area contributed by atoms with Gasteiger partial charge in [0, 0.05) is 24.5 Å². The lowest BCUT2D eigenvalue weighted by atomic mass is 10.0. The molecule has 1 aromatic carbocycles. The van der Waals surface area contributed by atoms with Gasteiger partial charge in [-0.25, -0.2) is 4.39 Å². The number of pyridine rings is 1. The van der Waals surface area contributed by atoms with Crippen LogP contribution in [0, 0.1) is 5.82 Å². The molecule has 106 valence electrons. The summed E-state index contributed by atoms with van der Waals surface area (Å²) in [4.78, 5) is 3.95. The molecule has 0 bridgehead atoms. The number of rotatable bonds is 6. The van der Waals surface area contributed by atoms with Gasteiger partial charge < -0.3 is 10.4 Å². The Balaban J connectivity index is 1.99. The van der Waals surface area contributed by atoms with E-state index in [1.807, 2.05) is 18.2 Å². The van der Waals surface area contributed by atoms with Crippen LogP contribution in [0.1, 0.15) is 18.9 Å². The van der Waals surface area contributed by atoms with E-state index in [1.165, 1.54) is 0 Å². The van der Waals surface area contributed by atoms with E-state index in [4.69, 9.17) is 5.11 Å². The minimum atomic E-state index is -0.332. The number of nitrogens with one attached hydrogen (secondary N) is 1. The zero-order valence-electron chi connectivity index (χ0n) is 11.5. The largest absolute Gasteiger partial charge is 0.393 e. The van der Waals surface area contributed by atoms with Crippen molar-refractivity contribution in [2.24, 2.45) is 0 Å². The SMILES string of the molecule is CC(O)CCNCc1ccc(-c2ccncc2)cc1F. The van der Waals surface area contributed by atoms with E-state index in [2.05, 4.69) is 10.3 Å². The molecule has 2 rings (SSSR count). The van der Waals surface area contributed by atoms with Crippen LogP contribution in [0.15, 0.2) is 42.7 Å². The van der Waals surface area contributed by atoms with Crippen LogP contribution in [0.5, 0.6) is 0 Å². The van der Waals surface area contributed by atoms with Crippen molar-refractivity contribution in [3.05, 3.63) is 54.1 Å². The van der Waals surface area contributed by atoms with E-state index in [1.54, 1.807) is 31.5 Å². The first-order valence-corrected chi connectivity index (χ1v) is 6.74. The van der Waals surface area contributed by atoms with Crippen LogP contribution < -0.4 is 5.32 Å². The van der Waals surface area contributed by atoms with Crippen LogP contribution in [0.3, 0.4) is 0 Å². The molecule has 2 N–H and O–H groups in total. The Morgan fingerprint density at radius 1 is 1.20 bits per heavy atom. The molecule has 0 amide bonds. The summed E-state index contributed by atoms with van der Waals surface area (Å²) in [6.45, 7) is 2.88. The monoisotopic (exact) mass is 274 g/mol. The summed E-state index contributed by atoms with van der Waals surface area (Å²) < 4.78 is 14.0. The Kier molecular flexibility index (Phi) is 5.21. The van der Waals surface area contributed by atoms with E-state index in [9.17, 15) is 4.39 Å². The van der Waals surface area contributed by atoms with Crippen molar-refractivity contribution in [3.63, 3.8) is 0 Å². The standard InChI is InChI=1S/C16H19FN2O/c1-12(20)4-7-19-11-15-3-2-14(10-16(15)17)13-5-8-18-9-6-13/h2-3,5-6,8-10,12,19-20H,4,7,11H2,1H3. The number of nitrogens with zero attached hydrogens (tertiary/aromatic N) is 1. The summed E-state index contributed by atoms with van der Waals surface area (Å²) in [6, 6.07) is 8.95. The number of hydrogen-bond acceptors (Lipinski definition) is 3. The van der Waals surface area contributed by atoms with Crippen LogP contribution in [0.25, 0.3) is 11.1 Å². The normalized spacial score (nSPS) is 12.3. The second-order valence-electron chi connectivity index (χ2n) is 4.86. The van der Waals surface area contributed by atoms with Crippen molar-refractivity contribution in [2.75, 3.05) is 6.54 Å². The maximum atomic E-state index is 14.0. The van der Waals surface area contributed by atoms with Crippen LogP contribution in [0.2, 0.25) is 0 Å². The van der Waals surface area contributed by atoms with E-state index < -0.39 is 0 Å². The molecule has 0 aliphatic heterocycles. The lowest BCUT2D eigenvalue weighted by Crippen LogP contribution is -2.19. The molecule has 1 aromatic heterocycles. The van der Waals surface area contributed by atoms with E-state index in [-0.39, 0.29) is 11.9 Å². The van der Waals surface area contributed by atoms with Crippen molar-refractivity contribution in [2.45, 2.75) is 26.0 Å². The van der Waals surface area contributed by atoms with Gasteiger partial charge in [0.1, 0.15) is 5.82 Å². The molecule has 0 saturated heterocycles. The molecule has 1 atom stereocenters. The molecule has 0 aliphatic rings. The Bertz CT molecular complexity index is 543. The van der Waals surface area contributed by atoms with Gasteiger partial charge in [0.05, 0.1) is 6.10 Å². The molecule has 3 nitrogen and oxygen atoms in total. The first-order valence-electron chi connectivity index (χ1n) is 6.74. The number of hydrogen-bond donors (Lipinski definition) is 2. The predicted octanol–water partition coefficient (Wildman–Crippen LogP) is 2.75. The molecule has 1 unspecified atom stereocenters. The van der Waals surface area contributed by atoms with E-state index in [0.717, 1.165) is 11.1 Å². The Labute approximate surface area is 118 Å². The molecule has 0 aliphatic carbocycles. The highest BCUT2D eigenvalue weighted by atomic mass is 19.1. The van der Waals surface area contributed by atoms with E-state index in [0.29, 0.717) is 25.1 Å². The molecular formula is C16H19FN2O. The number of benzene rings is 1.